The normalized spacial score (nSPS) is 12.7. The molecule has 10 nitrogen and oxygen atoms in total. The number of fused-ring (bicyclic) bond motifs is 2. The molecule has 1 aliphatic heterocycles. The van der Waals surface area contributed by atoms with Crippen LogP contribution in [-0.4, -0.2) is 41.9 Å². The summed E-state index contributed by atoms with van der Waals surface area (Å²) >= 11 is 0. The molecule has 0 aliphatic carbocycles. The SMILES string of the molecule is O=C(Cn1cc(Cn2c(-c3ccccc3)nc3ccccc32)nn1)N1CCc2ccc([N+](=O)[O-])cc21. The van der Waals surface area contributed by atoms with E-state index < -0.39 is 4.92 Å². The summed E-state index contributed by atoms with van der Waals surface area (Å²) in [5.74, 6) is 0.640. The minimum atomic E-state index is -0.450. The summed E-state index contributed by atoms with van der Waals surface area (Å²) in [7, 11) is 0. The van der Waals surface area contributed by atoms with E-state index in [1.807, 2.05) is 54.6 Å². The number of hydrogen-bond acceptors (Lipinski definition) is 6. The fourth-order valence-electron chi connectivity index (χ4n) is 4.66. The van der Waals surface area contributed by atoms with Crippen molar-refractivity contribution in [3.05, 3.63) is 100 Å². The van der Waals surface area contributed by atoms with E-state index >= 15 is 0 Å². The molecule has 178 valence electrons. The van der Waals surface area contributed by atoms with Gasteiger partial charge in [-0.05, 0) is 24.1 Å². The number of non-ortho nitro benzene ring substituents is 1. The van der Waals surface area contributed by atoms with Gasteiger partial charge < -0.3 is 9.47 Å². The van der Waals surface area contributed by atoms with Crippen molar-refractivity contribution in [3.8, 4) is 11.4 Å². The second-order valence-electron chi connectivity index (χ2n) is 8.65. The van der Waals surface area contributed by atoms with Crippen molar-refractivity contribution in [2.45, 2.75) is 19.5 Å². The number of carbonyl (C=O) groups excluding carboxylic acids is 1. The first-order valence-corrected chi connectivity index (χ1v) is 11.5. The molecule has 0 N–H and O–H groups in total. The fourth-order valence-corrected chi connectivity index (χ4v) is 4.66. The first-order chi connectivity index (χ1) is 17.6. The fraction of sp³-hybridized carbons (Fsp3) is 0.154. The van der Waals surface area contributed by atoms with Gasteiger partial charge in [-0.15, -0.1) is 5.10 Å². The Bertz CT molecular complexity index is 1610. The summed E-state index contributed by atoms with van der Waals surface area (Å²) in [5.41, 5.74) is 5.05. The highest BCUT2D eigenvalue weighted by atomic mass is 16.6. The van der Waals surface area contributed by atoms with E-state index in [1.165, 1.54) is 16.8 Å². The minimum absolute atomic E-state index is 0.00858. The predicted molar refractivity (Wildman–Crippen MR) is 133 cm³/mol. The molecule has 10 heteroatoms. The van der Waals surface area contributed by atoms with E-state index in [9.17, 15) is 14.9 Å². The van der Waals surface area contributed by atoms with Crippen LogP contribution >= 0.6 is 0 Å². The van der Waals surface area contributed by atoms with E-state index in [1.54, 1.807) is 17.2 Å². The van der Waals surface area contributed by atoms with Gasteiger partial charge in [-0.3, -0.25) is 14.9 Å². The van der Waals surface area contributed by atoms with E-state index in [0.717, 1.165) is 28.0 Å². The molecule has 1 aliphatic rings. The van der Waals surface area contributed by atoms with Crippen molar-refractivity contribution < 1.29 is 9.72 Å². The van der Waals surface area contributed by atoms with Crippen LogP contribution in [0.3, 0.4) is 0 Å². The molecule has 6 rings (SSSR count). The van der Waals surface area contributed by atoms with Crippen LogP contribution in [0.4, 0.5) is 11.4 Å². The molecule has 0 fully saturated rings. The molecule has 0 bridgehead atoms. The van der Waals surface area contributed by atoms with E-state index in [2.05, 4.69) is 14.9 Å². The van der Waals surface area contributed by atoms with Gasteiger partial charge in [0.2, 0.25) is 5.91 Å². The third kappa shape index (κ3) is 3.88. The molecule has 0 unspecified atom stereocenters. The highest BCUT2D eigenvalue weighted by molar-refractivity contribution is 5.95. The number of imidazole rings is 1. The number of benzene rings is 3. The second-order valence-corrected chi connectivity index (χ2v) is 8.65. The van der Waals surface area contributed by atoms with Gasteiger partial charge in [-0.1, -0.05) is 53.7 Å². The van der Waals surface area contributed by atoms with Gasteiger partial charge in [0, 0.05) is 24.2 Å². The summed E-state index contributed by atoms with van der Waals surface area (Å²) < 4.78 is 3.60. The third-order valence-electron chi connectivity index (χ3n) is 6.37. The molecular formula is C26H21N7O3. The third-order valence-corrected chi connectivity index (χ3v) is 6.37. The summed E-state index contributed by atoms with van der Waals surface area (Å²) in [5, 5.41) is 19.6. The lowest BCUT2D eigenvalue weighted by molar-refractivity contribution is -0.384. The van der Waals surface area contributed by atoms with Gasteiger partial charge in [0.1, 0.15) is 18.1 Å². The van der Waals surface area contributed by atoms with E-state index in [0.29, 0.717) is 30.9 Å². The second kappa shape index (κ2) is 8.73. The lowest BCUT2D eigenvalue weighted by Crippen LogP contribution is -2.32. The zero-order valence-corrected chi connectivity index (χ0v) is 19.2. The summed E-state index contributed by atoms with van der Waals surface area (Å²) in [6.45, 7) is 0.918. The monoisotopic (exact) mass is 479 g/mol. The smallest absolute Gasteiger partial charge is 0.271 e. The Kier molecular flexibility index (Phi) is 5.25. The molecule has 0 saturated carbocycles. The van der Waals surface area contributed by atoms with Crippen LogP contribution in [0.15, 0.2) is 79.0 Å². The molecule has 5 aromatic rings. The van der Waals surface area contributed by atoms with Crippen LogP contribution in [-0.2, 0) is 24.3 Å². The lowest BCUT2D eigenvalue weighted by Gasteiger charge is -2.16. The average molecular weight is 480 g/mol. The number of para-hydroxylation sites is 2. The number of rotatable bonds is 6. The highest BCUT2D eigenvalue weighted by Crippen LogP contribution is 2.32. The van der Waals surface area contributed by atoms with E-state index in [4.69, 9.17) is 4.98 Å². The number of nitrogens with zero attached hydrogens (tertiary/aromatic N) is 7. The zero-order chi connectivity index (χ0) is 24.6. The van der Waals surface area contributed by atoms with Crippen molar-refractivity contribution in [2.24, 2.45) is 0 Å². The van der Waals surface area contributed by atoms with Crippen LogP contribution < -0.4 is 4.90 Å². The van der Waals surface area contributed by atoms with Crippen molar-refractivity contribution in [3.63, 3.8) is 0 Å². The van der Waals surface area contributed by atoms with Crippen molar-refractivity contribution in [1.82, 2.24) is 24.5 Å². The van der Waals surface area contributed by atoms with Crippen LogP contribution in [0, 0.1) is 10.1 Å². The summed E-state index contributed by atoms with van der Waals surface area (Å²) in [6, 6.07) is 22.5. The van der Waals surface area contributed by atoms with Crippen molar-refractivity contribution in [2.75, 3.05) is 11.4 Å². The van der Waals surface area contributed by atoms with Gasteiger partial charge in [-0.25, -0.2) is 9.67 Å². The Morgan fingerprint density at radius 1 is 1.03 bits per heavy atom. The van der Waals surface area contributed by atoms with Gasteiger partial charge in [0.05, 0.1) is 34.4 Å². The zero-order valence-electron chi connectivity index (χ0n) is 19.2. The van der Waals surface area contributed by atoms with Crippen LogP contribution in [0.25, 0.3) is 22.4 Å². The van der Waals surface area contributed by atoms with Crippen LogP contribution in [0.2, 0.25) is 0 Å². The molecule has 0 saturated heterocycles. The Morgan fingerprint density at radius 3 is 2.67 bits per heavy atom. The molecule has 3 aromatic carbocycles. The summed E-state index contributed by atoms with van der Waals surface area (Å²) in [6.07, 6.45) is 2.42. The van der Waals surface area contributed by atoms with Crippen molar-refractivity contribution in [1.29, 1.82) is 0 Å². The molecule has 0 radical (unpaired) electrons. The maximum Gasteiger partial charge on any atom is 0.271 e. The Labute approximate surface area is 205 Å². The van der Waals surface area contributed by atoms with E-state index in [-0.39, 0.29) is 18.1 Å². The number of anilines is 1. The number of hydrogen-bond donors (Lipinski definition) is 0. The molecule has 3 heterocycles. The molecule has 1 amide bonds. The number of nitro benzene ring substituents is 1. The van der Waals surface area contributed by atoms with Crippen molar-refractivity contribution >= 4 is 28.3 Å². The number of amides is 1. The lowest BCUT2D eigenvalue weighted by atomic mass is 10.1. The first-order valence-electron chi connectivity index (χ1n) is 11.5. The Hall–Kier alpha value is -4.86. The average Bonchev–Trinajstić information content (AvgIpc) is 3.62. The van der Waals surface area contributed by atoms with Gasteiger partial charge in [0.25, 0.3) is 5.69 Å². The first kappa shape index (κ1) is 21.7. The van der Waals surface area contributed by atoms with Crippen LogP contribution in [0.5, 0.6) is 0 Å². The molecule has 0 atom stereocenters. The predicted octanol–water partition coefficient (Wildman–Crippen LogP) is 3.84. The Morgan fingerprint density at radius 2 is 1.83 bits per heavy atom. The molecule has 0 spiro atoms. The maximum absolute atomic E-state index is 13.1. The molecule has 36 heavy (non-hydrogen) atoms. The Balaban J connectivity index is 1.24. The molecule has 2 aromatic heterocycles. The number of aromatic nitrogens is 5. The van der Waals surface area contributed by atoms with Gasteiger partial charge in [-0.2, -0.15) is 0 Å². The quantitative estimate of drug-likeness (QED) is 0.270. The standard InChI is InChI=1S/C26H21N7O3/c34-25(31-13-12-18-10-11-21(33(35)36)14-24(18)31)17-30-15-20(28-29-30)16-32-23-9-5-4-8-22(23)27-26(32)19-6-2-1-3-7-19/h1-11,14-15H,12-13,16-17H2. The largest absolute Gasteiger partial charge is 0.318 e. The topological polar surface area (TPSA) is 112 Å². The maximum atomic E-state index is 13.1. The minimum Gasteiger partial charge on any atom is -0.318 e. The number of nitro groups is 1. The van der Waals surface area contributed by atoms with Crippen LogP contribution in [0.1, 0.15) is 11.3 Å². The highest BCUT2D eigenvalue weighted by Gasteiger charge is 2.27. The van der Waals surface area contributed by atoms with Gasteiger partial charge >= 0.3 is 0 Å². The summed E-state index contributed by atoms with van der Waals surface area (Å²) in [4.78, 5) is 30.2. The number of carbonyl (C=O) groups is 1. The van der Waals surface area contributed by atoms with Gasteiger partial charge in [0.15, 0.2) is 0 Å². The molecular weight excluding hydrogens is 458 g/mol.